The normalized spacial score (nSPS) is 16.9. The molecule has 7 heteroatoms. The molecule has 1 amide bonds. The minimum absolute atomic E-state index is 0.172. The monoisotopic (exact) mass is 497 g/mol. The second kappa shape index (κ2) is 10.1. The molecule has 1 N–H and O–H groups in total. The molecule has 5 nitrogen and oxygen atoms in total. The van der Waals surface area contributed by atoms with E-state index in [4.69, 9.17) is 27.9 Å². The fraction of sp³-hybridized carbons (Fsp3) is 0.259. The first-order chi connectivity index (χ1) is 16.2. The molecule has 0 aromatic heterocycles. The van der Waals surface area contributed by atoms with Crippen LogP contribution in [0.5, 0.6) is 5.75 Å². The molecule has 3 aromatic rings. The van der Waals surface area contributed by atoms with Crippen LogP contribution in [-0.2, 0) is 24.2 Å². The van der Waals surface area contributed by atoms with Crippen molar-refractivity contribution in [3.8, 4) is 5.75 Å². The minimum atomic E-state index is -1.07. The fourth-order valence-electron chi connectivity index (χ4n) is 4.25. The van der Waals surface area contributed by atoms with Gasteiger partial charge in [0.1, 0.15) is 17.9 Å². The first-order valence-electron chi connectivity index (χ1n) is 11.0. The van der Waals surface area contributed by atoms with Crippen molar-refractivity contribution in [2.24, 2.45) is 0 Å². The number of halogens is 2. The van der Waals surface area contributed by atoms with Crippen LogP contribution >= 0.6 is 23.2 Å². The summed E-state index contributed by atoms with van der Waals surface area (Å²) in [5.74, 6) is -0.677. The molecule has 1 aliphatic heterocycles. The quantitative estimate of drug-likeness (QED) is 0.431. The van der Waals surface area contributed by atoms with Crippen molar-refractivity contribution >= 4 is 35.1 Å². The molecule has 1 aliphatic rings. The number of carboxylic acids is 1. The average molecular weight is 498 g/mol. The maximum Gasteiger partial charge on any atom is 0.323 e. The van der Waals surface area contributed by atoms with Crippen LogP contribution in [-0.4, -0.2) is 34.0 Å². The first-order valence-corrected chi connectivity index (χ1v) is 11.8. The molecule has 0 spiro atoms. The van der Waals surface area contributed by atoms with Gasteiger partial charge in [-0.05, 0) is 72.9 Å². The molecule has 0 fully saturated rings. The van der Waals surface area contributed by atoms with Crippen LogP contribution in [0.15, 0.2) is 66.7 Å². The highest BCUT2D eigenvalue weighted by Crippen LogP contribution is 2.37. The van der Waals surface area contributed by atoms with Crippen molar-refractivity contribution in [3.05, 3.63) is 99.0 Å². The second-order valence-corrected chi connectivity index (χ2v) is 9.67. The van der Waals surface area contributed by atoms with Crippen LogP contribution in [0.3, 0.4) is 0 Å². The van der Waals surface area contributed by atoms with Gasteiger partial charge in [0.2, 0.25) is 0 Å². The lowest BCUT2D eigenvalue weighted by Gasteiger charge is -2.36. The van der Waals surface area contributed by atoms with Gasteiger partial charge in [0.05, 0.1) is 0 Å². The van der Waals surface area contributed by atoms with Crippen molar-refractivity contribution in [2.75, 3.05) is 6.54 Å². The van der Waals surface area contributed by atoms with E-state index in [1.54, 1.807) is 36.4 Å². The van der Waals surface area contributed by atoms with Gasteiger partial charge in [0.15, 0.2) is 0 Å². The average Bonchev–Trinajstić information content (AvgIpc) is 2.80. The van der Waals surface area contributed by atoms with Gasteiger partial charge in [-0.15, -0.1) is 0 Å². The summed E-state index contributed by atoms with van der Waals surface area (Å²) in [5, 5.41) is 10.6. The van der Waals surface area contributed by atoms with E-state index in [0.717, 1.165) is 40.3 Å². The summed E-state index contributed by atoms with van der Waals surface area (Å²) in [4.78, 5) is 26.0. The van der Waals surface area contributed by atoms with Crippen LogP contribution in [0.25, 0.3) is 0 Å². The number of aryl methyl sites for hydroxylation is 1. The van der Waals surface area contributed by atoms with Crippen LogP contribution in [0.4, 0.5) is 0 Å². The molecule has 1 unspecified atom stereocenters. The van der Waals surface area contributed by atoms with Crippen LogP contribution in [0.2, 0.25) is 10.0 Å². The molecule has 34 heavy (non-hydrogen) atoms. The molecule has 1 atom stereocenters. The number of carbonyl (C=O) groups is 2. The molecule has 176 valence electrons. The van der Waals surface area contributed by atoms with Gasteiger partial charge in [-0.25, -0.2) is 0 Å². The number of benzene rings is 3. The lowest BCUT2D eigenvalue weighted by Crippen LogP contribution is -2.39. The molecular weight excluding hydrogens is 473 g/mol. The van der Waals surface area contributed by atoms with Gasteiger partial charge in [-0.2, -0.15) is 0 Å². The Hall–Kier alpha value is -3.02. The number of fused-ring (bicyclic) bond motifs is 1. The SMILES string of the molecule is CC1(Cc2ccccc2Cl)CCc2cc(C(=O)N(CC(=O)O)Cc3ccc(Cl)cc3)ccc2O1. The number of amides is 1. The minimum Gasteiger partial charge on any atom is -0.487 e. The zero-order valence-corrected chi connectivity index (χ0v) is 20.3. The predicted molar refractivity (Wildman–Crippen MR) is 133 cm³/mol. The van der Waals surface area contributed by atoms with Gasteiger partial charge in [-0.1, -0.05) is 53.5 Å². The summed E-state index contributed by atoms with van der Waals surface area (Å²) < 4.78 is 6.35. The van der Waals surface area contributed by atoms with Gasteiger partial charge in [-0.3, -0.25) is 9.59 Å². The third-order valence-corrected chi connectivity index (χ3v) is 6.63. The highest BCUT2D eigenvalue weighted by molar-refractivity contribution is 6.31. The van der Waals surface area contributed by atoms with Crippen molar-refractivity contribution in [2.45, 2.75) is 38.3 Å². The number of carboxylic acid groups (broad SMARTS) is 1. The lowest BCUT2D eigenvalue weighted by molar-refractivity contribution is -0.137. The predicted octanol–water partition coefficient (Wildman–Crippen LogP) is 6.05. The van der Waals surface area contributed by atoms with E-state index in [-0.39, 0.29) is 12.5 Å². The van der Waals surface area contributed by atoms with E-state index in [9.17, 15) is 14.7 Å². The van der Waals surface area contributed by atoms with E-state index in [2.05, 4.69) is 6.92 Å². The van der Waals surface area contributed by atoms with E-state index in [1.165, 1.54) is 4.90 Å². The van der Waals surface area contributed by atoms with E-state index in [0.29, 0.717) is 17.0 Å². The van der Waals surface area contributed by atoms with E-state index in [1.807, 2.05) is 30.3 Å². The van der Waals surface area contributed by atoms with Crippen LogP contribution in [0, 0.1) is 0 Å². The molecule has 0 bridgehead atoms. The van der Waals surface area contributed by atoms with Crippen LogP contribution in [0.1, 0.15) is 40.4 Å². The largest absolute Gasteiger partial charge is 0.487 e. The Balaban J connectivity index is 1.52. The van der Waals surface area contributed by atoms with E-state index >= 15 is 0 Å². The van der Waals surface area contributed by atoms with Crippen molar-refractivity contribution in [1.82, 2.24) is 4.90 Å². The molecule has 4 rings (SSSR count). The maximum atomic E-state index is 13.2. The van der Waals surface area contributed by atoms with E-state index < -0.39 is 18.1 Å². The van der Waals surface area contributed by atoms with Gasteiger partial charge < -0.3 is 14.7 Å². The number of nitrogens with zero attached hydrogens (tertiary/aromatic N) is 1. The van der Waals surface area contributed by atoms with Gasteiger partial charge >= 0.3 is 5.97 Å². The van der Waals surface area contributed by atoms with Gasteiger partial charge in [0, 0.05) is 28.6 Å². The Bertz CT molecular complexity index is 1210. The topological polar surface area (TPSA) is 66.8 Å². The summed E-state index contributed by atoms with van der Waals surface area (Å²) in [5.41, 5.74) is 2.80. The molecule has 0 saturated heterocycles. The number of carbonyl (C=O) groups excluding carboxylic acids is 1. The van der Waals surface area contributed by atoms with Crippen LogP contribution < -0.4 is 4.74 Å². The molecule has 3 aromatic carbocycles. The van der Waals surface area contributed by atoms with Gasteiger partial charge in [0.25, 0.3) is 5.91 Å². The molecule has 0 saturated carbocycles. The zero-order valence-electron chi connectivity index (χ0n) is 18.8. The summed E-state index contributed by atoms with van der Waals surface area (Å²) in [7, 11) is 0. The standard InChI is InChI=1S/C27H25Cl2NO4/c1-27(15-21-4-2-3-5-23(21)29)13-12-19-14-20(8-11-24(19)34-27)26(33)30(17-25(31)32)16-18-6-9-22(28)10-7-18/h2-11,14H,12-13,15-17H2,1H3,(H,31,32). The van der Waals surface area contributed by atoms with Crippen molar-refractivity contribution in [3.63, 3.8) is 0 Å². The highest BCUT2D eigenvalue weighted by atomic mass is 35.5. The third-order valence-electron chi connectivity index (χ3n) is 6.01. The zero-order chi connectivity index (χ0) is 24.3. The summed E-state index contributed by atoms with van der Waals surface area (Å²) in [6.07, 6.45) is 2.19. The summed E-state index contributed by atoms with van der Waals surface area (Å²) in [6, 6.07) is 20.1. The lowest BCUT2D eigenvalue weighted by atomic mass is 9.86. The number of hydrogen-bond acceptors (Lipinski definition) is 3. The maximum absolute atomic E-state index is 13.2. The Morgan fingerprint density at radius 1 is 1.06 bits per heavy atom. The second-order valence-electron chi connectivity index (χ2n) is 8.82. The summed E-state index contributed by atoms with van der Waals surface area (Å²) in [6.45, 7) is 1.84. The smallest absolute Gasteiger partial charge is 0.323 e. The van der Waals surface area contributed by atoms with Crippen molar-refractivity contribution in [1.29, 1.82) is 0 Å². The number of rotatable bonds is 7. The Labute approximate surface area is 208 Å². The number of aliphatic carboxylic acids is 1. The van der Waals surface area contributed by atoms with Crippen molar-refractivity contribution < 1.29 is 19.4 Å². The summed E-state index contributed by atoms with van der Waals surface area (Å²) >= 11 is 12.3. The fourth-order valence-corrected chi connectivity index (χ4v) is 4.58. The molecule has 0 aliphatic carbocycles. The molecule has 0 radical (unpaired) electrons. The Morgan fingerprint density at radius 2 is 1.79 bits per heavy atom. The Kier molecular flexibility index (Phi) is 7.15. The number of hydrogen-bond donors (Lipinski definition) is 1. The first kappa shape index (κ1) is 24.1. The third kappa shape index (κ3) is 5.72. The molecular formula is C27H25Cl2NO4. The molecule has 1 heterocycles. The Morgan fingerprint density at radius 3 is 2.50 bits per heavy atom. The highest BCUT2D eigenvalue weighted by Gasteiger charge is 2.33. The number of ether oxygens (including phenoxy) is 1.